The highest BCUT2D eigenvalue weighted by Crippen LogP contribution is 2.31. The number of nitrogens with one attached hydrogen (secondary N) is 4. The number of Topliss-reactive ketones (excluding diaryl/α,β-unsaturated/α-hetero) is 2. The molecule has 0 saturated heterocycles. The molecule has 2 atom stereocenters. The first kappa shape index (κ1) is 50.7. The highest BCUT2D eigenvalue weighted by Gasteiger charge is 2.27. The number of benzene rings is 5. The molecule has 14 nitrogen and oxygen atoms in total. The lowest BCUT2D eigenvalue weighted by molar-refractivity contribution is -0.127. The summed E-state index contributed by atoms with van der Waals surface area (Å²) in [6, 6.07) is 23.3. The molecule has 5 rings (SSSR count). The number of carbonyl (C=O) groups excluding carboxylic acids is 6. The molecule has 342 valence electrons. The Morgan fingerprint density at radius 3 is 1.33 bits per heavy atom. The largest absolute Gasteiger partial charge is 0.324 e. The van der Waals surface area contributed by atoms with Gasteiger partial charge in [0.15, 0.2) is 11.6 Å². The van der Waals surface area contributed by atoms with Gasteiger partial charge in [0.05, 0.1) is 10.0 Å². The van der Waals surface area contributed by atoms with Crippen molar-refractivity contribution in [2.24, 2.45) is 20.5 Å². The van der Waals surface area contributed by atoms with Gasteiger partial charge in [-0.25, -0.2) is 0 Å². The summed E-state index contributed by atoms with van der Waals surface area (Å²) in [5.74, 6) is -2.93. The lowest BCUT2D eigenvalue weighted by Gasteiger charge is -2.19. The fourth-order valence-corrected chi connectivity index (χ4v) is 7.33. The number of alkyl halides is 2. The molecule has 0 bridgehead atoms. The summed E-state index contributed by atoms with van der Waals surface area (Å²) < 4.78 is 0. The normalized spacial score (nSPS) is 12.1. The van der Waals surface area contributed by atoms with E-state index in [0.29, 0.717) is 71.3 Å². The Labute approximate surface area is 402 Å². The molecule has 0 saturated carbocycles. The van der Waals surface area contributed by atoms with Crippen molar-refractivity contribution < 1.29 is 28.8 Å². The lowest BCUT2D eigenvalue weighted by Crippen LogP contribution is -2.33. The van der Waals surface area contributed by atoms with E-state index in [9.17, 15) is 28.8 Å². The van der Waals surface area contributed by atoms with Crippen molar-refractivity contribution in [1.29, 1.82) is 0 Å². The smallest absolute Gasteiger partial charge is 0.258 e. The zero-order chi connectivity index (χ0) is 47.9. The van der Waals surface area contributed by atoms with Crippen LogP contribution < -0.4 is 21.3 Å². The van der Waals surface area contributed by atoms with E-state index in [2.05, 4.69) is 41.7 Å². The molecule has 66 heavy (non-hydrogen) atoms. The van der Waals surface area contributed by atoms with Gasteiger partial charge in [-0.05, 0) is 122 Å². The molecule has 0 aliphatic carbocycles. The number of azo groups is 2. The Bertz CT molecular complexity index is 2680. The van der Waals surface area contributed by atoms with E-state index in [1.165, 1.54) is 50.2 Å². The van der Waals surface area contributed by atoms with Crippen LogP contribution in [0.15, 0.2) is 118 Å². The predicted molar refractivity (Wildman–Crippen MR) is 261 cm³/mol. The minimum Gasteiger partial charge on any atom is -0.324 e. The number of nitrogens with zero attached hydrogens (tertiary/aromatic N) is 4. The number of hydrogen-bond donors (Lipinski definition) is 4. The van der Waals surface area contributed by atoms with E-state index in [0.717, 1.165) is 11.1 Å². The summed E-state index contributed by atoms with van der Waals surface area (Å²) in [5, 5.41) is 27.8. The van der Waals surface area contributed by atoms with E-state index in [-0.39, 0.29) is 32.5 Å². The van der Waals surface area contributed by atoms with Gasteiger partial charge in [0.1, 0.15) is 11.4 Å². The molecule has 0 radical (unpaired) electrons. The van der Waals surface area contributed by atoms with Crippen LogP contribution >= 0.6 is 46.4 Å². The SMILES string of the molecule is CCc1cc(NC(=O)C(N=Nc2cc(C(=O)Nc3ccccc3CCCl)ccc2Cl)C(C)=O)cc(CC)c1NC(=O)C(N=Nc1cc(C(=O)Nc2ccccc2CCCl)ccc1Cl)C(C)=O. The van der Waals surface area contributed by atoms with Crippen molar-refractivity contribution >= 4 is 116 Å². The Kier molecular flexibility index (Phi) is 18.6. The van der Waals surface area contributed by atoms with Gasteiger partial charge in [0.2, 0.25) is 12.1 Å². The molecule has 0 heterocycles. The quantitative estimate of drug-likeness (QED) is 0.0340. The van der Waals surface area contributed by atoms with E-state index in [1.807, 2.05) is 38.1 Å². The third-order valence-electron chi connectivity index (χ3n) is 10.1. The zero-order valence-electron chi connectivity index (χ0n) is 36.4. The Balaban J connectivity index is 1.31. The number of hydrogen-bond acceptors (Lipinski definition) is 10. The molecule has 4 amide bonds. The Hall–Kier alpha value is -6.32. The van der Waals surface area contributed by atoms with Gasteiger partial charge in [-0.1, -0.05) is 73.4 Å². The van der Waals surface area contributed by atoms with Crippen molar-refractivity contribution in [3.63, 3.8) is 0 Å². The minimum atomic E-state index is -1.59. The number of carbonyl (C=O) groups is 6. The second kappa shape index (κ2) is 24.3. The average Bonchev–Trinajstić information content (AvgIpc) is 3.29. The molecule has 5 aromatic carbocycles. The molecule has 5 aromatic rings. The maximum atomic E-state index is 13.7. The van der Waals surface area contributed by atoms with E-state index in [4.69, 9.17) is 46.4 Å². The van der Waals surface area contributed by atoms with E-state index >= 15 is 0 Å². The fourth-order valence-electron chi connectivity index (χ4n) is 6.61. The van der Waals surface area contributed by atoms with Crippen LogP contribution in [0, 0.1) is 0 Å². The van der Waals surface area contributed by atoms with Crippen LogP contribution in [0.2, 0.25) is 10.0 Å². The van der Waals surface area contributed by atoms with Gasteiger partial charge in [-0.3, -0.25) is 28.8 Å². The van der Waals surface area contributed by atoms with Gasteiger partial charge in [-0.15, -0.1) is 23.2 Å². The first-order valence-corrected chi connectivity index (χ1v) is 22.6. The summed E-state index contributed by atoms with van der Waals surface area (Å²) in [7, 11) is 0. The number of aryl methyl sites for hydroxylation is 4. The summed E-state index contributed by atoms with van der Waals surface area (Å²) >= 11 is 24.7. The van der Waals surface area contributed by atoms with Crippen molar-refractivity contribution in [3.8, 4) is 0 Å². The van der Waals surface area contributed by atoms with Gasteiger partial charge >= 0.3 is 0 Å². The standard InChI is InChI=1S/C48H46Cl4N8O6/c1-5-29-23-35(53-47(65)42(27(3)61)59-57-40-25-33(15-17-36(40)51)45(63)54-38-13-9-7-11-31(38)19-21-49)24-30(6-2)44(29)56-48(66)43(28(4)62)60-58-41-26-34(16-18-37(41)52)46(64)55-39-14-10-8-12-32(39)20-22-50/h7-18,23-26,42-43H,5-6,19-22H2,1-4H3,(H,53,65)(H,54,63)(H,55,64)(H,56,66). The van der Waals surface area contributed by atoms with Crippen LogP contribution in [0.25, 0.3) is 0 Å². The van der Waals surface area contributed by atoms with Gasteiger partial charge in [0, 0.05) is 45.6 Å². The third kappa shape index (κ3) is 13.4. The molecule has 0 aliphatic rings. The first-order chi connectivity index (χ1) is 31.7. The maximum absolute atomic E-state index is 13.7. The predicted octanol–water partition coefficient (Wildman–Crippen LogP) is 11.5. The van der Waals surface area contributed by atoms with Crippen LogP contribution in [-0.2, 0) is 44.9 Å². The Morgan fingerprint density at radius 2 is 0.939 bits per heavy atom. The fraction of sp³-hybridized carbons (Fsp3) is 0.250. The number of para-hydroxylation sites is 2. The highest BCUT2D eigenvalue weighted by atomic mass is 35.5. The van der Waals surface area contributed by atoms with Crippen molar-refractivity contribution in [2.45, 2.75) is 65.5 Å². The minimum absolute atomic E-state index is 0.0578. The van der Waals surface area contributed by atoms with Crippen LogP contribution in [-0.4, -0.2) is 59.0 Å². The summed E-state index contributed by atoms with van der Waals surface area (Å²) in [6.45, 7) is 6.06. The zero-order valence-corrected chi connectivity index (χ0v) is 39.4. The van der Waals surface area contributed by atoms with Gasteiger partial charge in [-0.2, -0.15) is 20.5 Å². The number of ketones is 2. The monoisotopic (exact) mass is 970 g/mol. The lowest BCUT2D eigenvalue weighted by atomic mass is 10.0. The third-order valence-corrected chi connectivity index (χ3v) is 11.1. The molecular formula is C48H46Cl4N8O6. The Morgan fingerprint density at radius 1 is 0.530 bits per heavy atom. The number of halogens is 4. The first-order valence-electron chi connectivity index (χ1n) is 20.8. The topological polar surface area (TPSA) is 200 Å². The van der Waals surface area contributed by atoms with Crippen molar-refractivity contribution in [2.75, 3.05) is 33.0 Å². The highest BCUT2D eigenvalue weighted by molar-refractivity contribution is 6.33. The van der Waals surface area contributed by atoms with Crippen LogP contribution in [0.4, 0.5) is 34.1 Å². The number of rotatable bonds is 20. The molecule has 2 unspecified atom stereocenters. The molecule has 0 fully saturated rings. The van der Waals surface area contributed by atoms with Gasteiger partial charge in [0.25, 0.3) is 23.6 Å². The number of anilines is 4. The van der Waals surface area contributed by atoms with E-state index in [1.54, 1.807) is 36.4 Å². The van der Waals surface area contributed by atoms with Crippen LogP contribution in [0.1, 0.15) is 70.7 Å². The second-order valence-corrected chi connectivity index (χ2v) is 16.3. The summed E-state index contributed by atoms with van der Waals surface area (Å²) in [6.07, 6.45) is 1.87. The van der Waals surface area contributed by atoms with Crippen molar-refractivity contribution in [3.05, 3.63) is 140 Å². The second-order valence-electron chi connectivity index (χ2n) is 14.7. The number of amides is 4. The van der Waals surface area contributed by atoms with Crippen molar-refractivity contribution in [1.82, 2.24) is 0 Å². The van der Waals surface area contributed by atoms with Crippen LogP contribution in [0.3, 0.4) is 0 Å². The molecule has 0 aromatic heterocycles. The van der Waals surface area contributed by atoms with E-state index < -0.39 is 47.3 Å². The molecule has 0 spiro atoms. The maximum Gasteiger partial charge on any atom is 0.258 e. The van der Waals surface area contributed by atoms with Gasteiger partial charge < -0.3 is 21.3 Å². The summed E-state index contributed by atoms with van der Waals surface area (Å²) in [5.41, 5.74) is 5.35. The molecule has 4 N–H and O–H groups in total. The molecule has 0 aliphatic heterocycles. The average molecular weight is 973 g/mol. The summed E-state index contributed by atoms with van der Waals surface area (Å²) in [4.78, 5) is 79.3. The molecular weight excluding hydrogens is 926 g/mol. The molecule has 18 heteroatoms. The van der Waals surface area contributed by atoms with Crippen LogP contribution in [0.5, 0.6) is 0 Å².